The molecule has 1 aromatic carbocycles. The minimum absolute atomic E-state index is 0. The molecule has 0 fully saturated rings. The van der Waals surface area contributed by atoms with E-state index in [1.54, 1.807) is 13.0 Å². The third-order valence-corrected chi connectivity index (χ3v) is 4.31. The van der Waals surface area contributed by atoms with Gasteiger partial charge in [0, 0.05) is 0 Å². The number of ether oxygens (including phenoxy) is 1. The van der Waals surface area contributed by atoms with Crippen molar-refractivity contribution in [1.82, 2.24) is 0 Å². The third kappa shape index (κ3) is 6.29. The molecule has 0 aliphatic carbocycles. The molecule has 0 aliphatic rings. The monoisotopic (exact) mass is 332 g/mol. The summed E-state index contributed by atoms with van der Waals surface area (Å²) in [6.45, 7) is 1.62. The molecule has 0 spiro atoms. The Balaban J connectivity index is 0.00000361. The summed E-state index contributed by atoms with van der Waals surface area (Å²) >= 11 is 0.279. The van der Waals surface area contributed by atoms with Gasteiger partial charge in [0.05, 0.1) is 24.4 Å². The Bertz CT molecular complexity index is 506. The minimum Gasteiger partial charge on any atom is -0.691 e. The first-order valence-electron chi connectivity index (χ1n) is 5.13. The molecule has 1 rings (SSSR count). The third-order valence-electron chi connectivity index (χ3n) is 2.26. The van der Waals surface area contributed by atoms with E-state index in [0.717, 1.165) is 5.56 Å². The molecule has 0 radical (unpaired) electrons. The zero-order chi connectivity index (χ0) is 14.3. The molecular weight excluding hydrogens is 319 g/mol. The maximum atomic E-state index is 12.0. The van der Waals surface area contributed by atoms with Crippen LogP contribution < -0.4 is 39.6 Å². The Morgan fingerprint density at radius 3 is 2.60 bits per heavy atom. The summed E-state index contributed by atoms with van der Waals surface area (Å²) in [7, 11) is -1.95. The van der Waals surface area contributed by atoms with Gasteiger partial charge in [-0.1, -0.05) is 0 Å². The van der Waals surface area contributed by atoms with Crippen LogP contribution in [0.1, 0.15) is 5.56 Å². The van der Waals surface area contributed by atoms with E-state index in [9.17, 15) is 13.7 Å². The fourth-order valence-electron chi connectivity index (χ4n) is 1.37. The van der Waals surface area contributed by atoms with Gasteiger partial charge in [0.15, 0.2) is 22.2 Å². The number of rotatable bonds is 8. The first kappa shape index (κ1) is 20.2. The second-order valence-electron chi connectivity index (χ2n) is 3.48. The van der Waals surface area contributed by atoms with Gasteiger partial charge in [-0.25, -0.2) is 8.42 Å². The van der Waals surface area contributed by atoms with E-state index in [1.165, 1.54) is 19.2 Å². The predicted octanol–water partition coefficient (Wildman–Crippen LogP) is -2.42. The van der Waals surface area contributed by atoms with Crippen LogP contribution in [0.25, 0.3) is 0 Å². The van der Waals surface area contributed by atoms with Crippen LogP contribution in [0.4, 0.5) is 0 Å². The van der Waals surface area contributed by atoms with Crippen LogP contribution in [-0.2, 0) is 23.4 Å². The molecule has 7 nitrogen and oxygen atoms in total. The molecule has 0 N–H and O–H groups in total. The molecular formula is C10H13NaO7S2. The standard InChI is InChI=1S/C10H14O7S2.Na/c1-8-7-9(3-4-10(8)14-2)19(12,13)6-5-15-18-17-16-11;/h3-4,7,11H,5-6H2,1-2H3;/q;+1/p-1. The number of hydrogen-bond acceptors (Lipinski definition) is 8. The molecule has 0 aromatic heterocycles. The average molecular weight is 332 g/mol. The van der Waals surface area contributed by atoms with E-state index in [-0.39, 0.29) is 59.1 Å². The maximum absolute atomic E-state index is 12.0. The SMILES string of the molecule is COc1ccc(S(=O)(=O)CCOSOO[O-])cc1C.[Na+]. The second-order valence-corrected chi connectivity index (χ2v) is 6.09. The molecule has 0 aliphatic heterocycles. The molecule has 0 unspecified atom stereocenters. The van der Waals surface area contributed by atoms with Gasteiger partial charge < -0.3 is 9.99 Å². The quantitative estimate of drug-likeness (QED) is 0.171. The summed E-state index contributed by atoms with van der Waals surface area (Å²) in [5.74, 6) is 0.375. The van der Waals surface area contributed by atoms with Crippen molar-refractivity contribution >= 4 is 22.2 Å². The summed E-state index contributed by atoms with van der Waals surface area (Å²) in [4.78, 5) is 0.181. The van der Waals surface area contributed by atoms with Gasteiger partial charge in [0.25, 0.3) is 0 Å². The number of hydrogen-bond donors (Lipinski definition) is 0. The number of methoxy groups -OCH3 is 1. The Morgan fingerprint density at radius 2 is 2.05 bits per heavy atom. The maximum Gasteiger partial charge on any atom is 1.00 e. The first-order chi connectivity index (χ1) is 9.01. The summed E-state index contributed by atoms with van der Waals surface area (Å²) in [6.07, 6.45) is 0. The van der Waals surface area contributed by atoms with Crippen LogP contribution in [0, 0.1) is 6.92 Å². The van der Waals surface area contributed by atoms with Crippen molar-refractivity contribution in [3.05, 3.63) is 23.8 Å². The Kier molecular flexibility index (Phi) is 10.1. The topological polar surface area (TPSA) is 94.1 Å². The predicted molar refractivity (Wildman–Crippen MR) is 65.5 cm³/mol. The number of sulfone groups is 1. The van der Waals surface area contributed by atoms with Crippen LogP contribution >= 0.6 is 12.3 Å². The zero-order valence-electron chi connectivity index (χ0n) is 11.3. The van der Waals surface area contributed by atoms with Crippen LogP contribution in [0.5, 0.6) is 5.75 Å². The van der Waals surface area contributed by atoms with E-state index in [2.05, 4.69) is 13.6 Å². The van der Waals surface area contributed by atoms with Crippen LogP contribution in [0.2, 0.25) is 0 Å². The molecule has 0 atom stereocenters. The van der Waals surface area contributed by atoms with E-state index >= 15 is 0 Å². The molecule has 108 valence electrons. The van der Waals surface area contributed by atoms with Crippen LogP contribution in [0.3, 0.4) is 0 Å². The zero-order valence-corrected chi connectivity index (χ0v) is 15.0. The van der Waals surface area contributed by atoms with Gasteiger partial charge in [-0.3, -0.25) is 9.22 Å². The van der Waals surface area contributed by atoms with E-state index < -0.39 is 9.84 Å². The Labute approximate surface area is 144 Å². The van der Waals surface area contributed by atoms with Crippen molar-refractivity contribution in [2.45, 2.75) is 11.8 Å². The van der Waals surface area contributed by atoms with Crippen LogP contribution in [0.15, 0.2) is 23.1 Å². The largest absolute Gasteiger partial charge is 1.00 e. The fraction of sp³-hybridized carbons (Fsp3) is 0.400. The van der Waals surface area contributed by atoms with Crippen molar-refractivity contribution < 1.29 is 61.5 Å². The van der Waals surface area contributed by atoms with Crippen molar-refractivity contribution in [2.75, 3.05) is 19.5 Å². The van der Waals surface area contributed by atoms with Crippen molar-refractivity contribution in [3.63, 3.8) is 0 Å². The smallest absolute Gasteiger partial charge is 0.691 e. The molecule has 0 saturated heterocycles. The van der Waals surface area contributed by atoms with Gasteiger partial charge in [-0.05, 0) is 30.7 Å². The summed E-state index contributed by atoms with van der Waals surface area (Å²) in [5.41, 5.74) is 0.724. The number of benzene rings is 1. The minimum atomic E-state index is -3.46. The molecule has 1 aromatic rings. The molecule has 10 heteroatoms. The van der Waals surface area contributed by atoms with Gasteiger partial charge in [-0.15, -0.1) is 4.33 Å². The normalized spacial score (nSPS) is 10.9. The fourth-order valence-corrected chi connectivity index (χ4v) is 2.86. The van der Waals surface area contributed by atoms with Gasteiger partial charge >= 0.3 is 29.6 Å². The number of aryl methyl sites for hydroxylation is 1. The first-order valence-corrected chi connectivity index (χ1v) is 7.45. The Hall–Kier alpha value is 0.160. The van der Waals surface area contributed by atoms with Gasteiger partial charge in [-0.2, -0.15) is 0 Å². The molecule has 20 heavy (non-hydrogen) atoms. The van der Waals surface area contributed by atoms with Gasteiger partial charge in [0.2, 0.25) is 0 Å². The van der Waals surface area contributed by atoms with Crippen molar-refractivity contribution in [2.24, 2.45) is 0 Å². The Morgan fingerprint density at radius 1 is 1.35 bits per heavy atom. The average Bonchev–Trinajstić information content (AvgIpc) is 2.38. The second kappa shape index (κ2) is 9.98. The van der Waals surface area contributed by atoms with E-state index in [1.807, 2.05) is 0 Å². The van der Waals surface area contributed by atoms with Gasteiger partial charge in [0.1, 0.15) is 5.75 Å². The van der Waals surface area contributed by atoms with Crippen LogP contribution in [-0.4, -0.2) is 27.9 Å². The molecule has 0 amide bonds. The molecule has 0 bridgehead atoms. The van der Waals surface area contributed by atoms with Crippen molar-refractivity contribution in [3.8, 4) is 5.75 Å². The summed E-state index contributed by atoms with van der Waals surface area (Å²) < 4.78 is 37.5. The molecule has 0 saturated carbocycles. The molecule has 0 heterocycles. The summed E-state index contributed by atoms with van der Waals surface area (Å²) in [6, 6.07) is 4.58. The summed E-state index contributed by atoms with van der Waals surface area (Å²) in [5, 5.41) is 12.5. The van der Waals surface area contributed by atoms with E-state index in [0.29, 0.717) is 5.75 Å². The van der Waals surface area contributed by atoms with Crippen molar-refractivity contribution in [1.29, 1.82) is 0 Å². The van der Waals surface area contributed by atoms with E-state index in [4.69, 9.17) is 4.74 Å².